The molecule has 11 aromatic rings. The summed E-state index contributed by atoms with van der Waals surface area (Å²) in [7, 11) is 0. The Kier molecular flexibility index (Phi) is 8.15. The summed E-state index contributed by atoms with van der Waals surface area (Å²) in [6, 6.07) is 77.8. The van der Waals surface area contributed by atoms with Gasteiger partial charge in [0.1, 0.15) is 5.52 Å². The largest absolute Gasteiger partial charge is 0.436 e. The number of aromatic nitrogens is 1. The molecule has 3 heteroatoms. The van der Waals surface area contributed by atoms with Gasteiger partial charge in [-0.15, -0.1) is 0 Å². The zero-order valence-corrected chi connectivity index (χ0v) is 31.6. The van der Waals surface area contributed by atoms with E-state index < -0.39 is 0 Å². The smallest absolute Gasteiger partial charge is 0.227 e. The predicted molar refractivity (Wildman–Crippen MR) is 243 cm³/mol. The van der Waals surface area contributed by atoms with Crippen molar-refractivity contribution < 1.29 is 4.42 Å². The minimum absolute atomic E-state index is 0.626. The van der Waals surface area contributed by atoms with Crippen molar-refractivity contribution >= 4 is 60.5 Å². The van der Waals surface area contributed by atoms with Crippen molar-refractivity contribution in [3.63, 3.8) is 0 Å². The maximum atomic E-state index is 6.30. The molecule has 1 aromatic heterocycles. The molecule has 0 atom stereocenters. The van der Waals surface area contributed by atoms with E-state index in [1.807, 2.05) is 36.4 Å². The fourth-order valence-corrected chi connectivity index (χ4v) is 8.48. The van der Waals surface area contributed by atoms with Gasteiger partial charge < -0.3 is 9.32 Å². The van der Waals surface area contributed by atoms with Crippen molar-refractivity contribution in [1.29, 1.82) is 0 Å². The van der Waals surface area contributed by atoms with Gasteiger partial charge in [0, 0.05) is 28.0 Å². The van der Waals surface area contributed by atoms with Crippen molar-refractivity contribution in [1.82, 2.24) is 4.98 Å². The standard InChI is InChI=1S/C55H36N2O/c1-3-13-37(14-4-1)42-19-11-20-46(35-42)57(45-32-27-39(28-33-45)51-36-43-17-7-8-21-47(43)49-22-9-10-23-50(49)51)44-30-25-38(26-31-44)48-24-12-18-40-29-34-52-54(53(40)48)56-55(58-52)41-15-5-2-6-16-41/h1-36H. The molecule has 0 amide bonds. The van der Waals surface area contributed by atoms with Crippen LogP contribution in [0.4, 0.5) is 17.1 Å². The average Bonchev–Trinajstić information content (AvgIpc) is 3.75. The lowest BCUT2D eigenvalue weighted by Gasteiger charge is -2.26. The van der Waals surface area contributed by atoms with E-state index in [0.717, 1.165) is 55.6 Å². The van der Waals surface area contributed by atoms with Gasteiger partial charge in [0.2, 0.25) is 5.89 Å². The molecule has 272 valence electrons. The number of rotatable bonds is 7. The Morgan fingerprint density at radius 1 is 0.345 bits per heavy atom. The monoisotopic (exact) mass is 740 g/mol. The lowest BCUT2D eigenvalue weighted by Crippen LogP contribution is -2.10. The summed E-state index contributed by atoms with van der Waals surface area (Å²) in [5.74, 6) is 0.626. The van der Waals surface area contributed by atoms with E-state index in [9.17, 15) is 0 Å². The van der Waals surface area contributed by atoms with Crippen molar-refractivity contribution in [2.45, 2.75) is 0 Å². The summed E-state index contributed by atoms with van der Waals surface area (Å²) in [6.07, 6.45) is 0. The van der Waals surface area contributed by atoms with Gasteiger partial charge in [-0.25, -0.2) is 4.98 Å². The highest BCUT2D eigenvalue weighted by Gasteiger charge is 2.18. The molecule has 1 heterocycles. The third-order valence-electron chi connectivity index (χ3n) is 11.3. The highest BCUT2D eigenvalue weighted by molar-refractivity contribution is 6.14. The number of oxazole rings is 1. The quantitative estimate of drug-likeness (QED) is 0.152. The molecule has 10 aromatic carbocycles. The van der Waals surface area contributed by atoms with Gasteiger partial charge in [-0.3, -0.25) is 0 Å². The van der Waals surface area contributed by atoms with Gasteiger partial charge in [-0.1, -0.05) is 158 Å². The molecule has 0 saturated carbocycles. The molecular formula is C55H36N2O. The van der Waals surface area contributed by atoms with Crippen LogP contribution in [0.1, 0.15) is 0 Å². The van der Waals surface area contributed by atoms with Crippen molar-refractivity contribution in [3.8, 4) is 44.8 Å². The molecule has 11 rings (SSSR count). The summed E-state index contributed by atoms with van der Waals surface area (Å²) >= 11 is 0. The number of fused-ring (bicyclic) bond motifs is 6. The Balaban J connectivity index is 1.02. The van der Waals surface area contributed by atoms with Gasteiger partial charge in [0.05, 0.1) is 0 Å². The number of anilines is 3. The van der Waals surface area contributed by atoms with E-state index in [1.54, 1.807) is 0 Å². The zero-order valence-electron chi connectivity index (χ0n) is 31.6. The summed E-state index contributed by atoms with van der Waals surface area (Å²) in [6.45, 7) is 0. The van der Waals surface area contributed by atoms with Crippen LogP contribution in [0.25, 0.3) is 88.3 Å². The van der Waals surface area contributed by atoms with E-state index in [1.165, 1.54) is 43.8 Å². The molecule has 0 aliphatic carbocycles. The Morgan fingerprint density at radius 2 is 0.931 bits per heavy atom. The molecule has 0 radical (unpaired) electrons. The third kappa shape index (κ3) is 5.89. The first-order chi connectivity index (χ1) is 28.7. The van der Waals surface area contributed by atoms with Gasteiger partial charge in [0.25, 0.3) is 0 Å². The van der Waals surface area contributed by atoms with Crippen LogP contribution >= 0.6 is 0 Å². The van der Waals surface area contributed by atoms with Gasteiger partial charge in [-0.2, -0.15) is 0 Å². The van der Waals surface area contributed by atoms with Crippen molar-refractivity contribution in [2.75, 3.05) is 4.90 Å². The Hall–Kier alpha value is -7.75. The molecule has 3 nitrogen and oxygen atoms in total. The molecule has 0 aliphatic heterocycles. The van der Waals surface area contributed by atoms with Crippen molar-refractivity contribution in [3.05, 3.63) is 218 Å². The third-order valence-corrected chi connectivity index (χ3v) is 11.3. The van der Waals surface area contributed by atoms with E-state index in [-0.39, 0.29) is 0 Å². The van der Waals surface area contributed by atoms with E-state index in [2.05, 4.69) is 187 Å². The molecular weight excluding hydrogens is 705 g/mol. The molecule has 0 spiro atoms. The first kappa shape index (κ1) is 33.6. The lowest BCUT2D eigenvalue weighted by molar-refractivity contribution is 0.620. The topological polar surface area (TPSA) is 29.3 Å². The molecule has 0 saturated heterocycles. The van der Waals surface area contributed by atoms with Gasteiger partial charge in [0.15, 0.2) is 5.58 Å². The summed E-state index contributed by atoms with van der Waals surface area (Å²) < 4.78 is 6.30. The van der Waals surface area contributed by atoms with Crippen LogP contribution in [0.2, 0.25) is 0 Å². The summed E-state index contributed by atoms with van der Waals surface area (Å²) in [5, 5.41) is 7.25. The Bertz CT molecular complexity index is 3260. The summed E-state index contributed by atoms with van der Waals surface area (Å²) in [4.78, 5) is 7.39. The van der Waals surface area contributed by atoms with Crippen LogP contribution < -0.4 is 4.90 Å². The van der Waals surface area contributed by atoms with Crippen molar-refractivity contribution in [2.24, 2.45) is 0 Å². The van der Waals surface area contributed by atoms with Crippen LogP contribution in [0.15, 0.2) is 223 Å². The van der Waals surface area contributed by atoms with Crippen LogP contribution in [-0.2, 0) is 0 Å². The molecule has 0 aliphatic rings. The number of hydrogen-bond acceptors (Lipinski definition) is 3. The molecule has 0 N–H and O–H groups in total. The Morgan fingerprint density at radius 3 is 1.67 bits per heavy atom. The minimum atomic E-state index is 0.626. The first-order valence-electron chi connectivity index (χ1n) is 19.7. The fraction of sp³-hybridized carbons (Fsp3) is 0. The highest BCUT2D eigenvalue weighted by Crippen LogP contribution is 2.42. The molecule has 0 fully saturated rings. The van der Waals surface area contributed by atoms with Crippen LogP contribution in [-0.4, -0.2) is 4.98 Å². The van der Waals surface area contributed by atoms with Crippen LogP contribution in [0.3, 0.4) is 0 Å². The van der Waals surface area contributed by atoms with E-state index >= 15 is 0 Å². The maximum Gasteiger partial charge on any atom is 0.227 e. The van der Waals surface area contributed by atoms with Gasteiger partial charge >= 0.3 is 0 Å². The molecule has 0 bridgehead atoms. The minimum Gasteiger partial charge on any atom is -0.436 e. The predicted octanol–water partition coefficient (Wildman–Crippen LogP) is 15.4. The zero-order chi connectivity index (χ0) is 38.4. The van der Waals surface area contributed by atoms with E-state index in [4.69, 9.17) is 9.40 Å². The normalized spacial score (nSPS) is 11.4. The second-order valence-corrected chi connectivity index (χ2v) is 14.7. The van der Waals surface area contributed by atoms with Gasteiger partial charge in [-0.05, 0) is 121 Å². The molecule has 0 unspecified atom stereocenters. The number of nitrogens with zero attached hydrogens (tertiary/aromatic N) is 2. The van der Waals surface area contributed by atoms with Crippen LogP contribution in [0, 0.1) is 0 Å². The fourth-order valence-electron chi connectivity index (χ4n) is 8.48. The summed E-state index contributed by atoms with van der Waals surface area (Å²) in [5.41, 5.74) is 12.8. The second kappa shape index (κ2) is 14.1. The second-order valence-electron chi connectivity index (χ2n) is 14.7. The number of benzene rings is 10. The number of hydrogen-bond donors (Lipinski definition) is 0. The SMILES string of the molecule is c1ccc(-c2cccc(N(c3ccc(-c4cc5ccccc5c5ccccc45)cc3)c3ccc(-c4cccc5ccc6oc(-c7ccccc7)nc6c45)cc3)c2)cc1. The maximum absolute atomic E-state index is 6.30. The van der Waals surface area contributed by atoms with E-state index in [0.29, 0.717) is 5.89 Å². The van der Waals surface area contributed by atoms with Crippen LogP contribution in [0.5, 0.6) is 0 Å². The highest BCUT2D eigenvalue weighted by atomic mass is 16.3. The average molecular weight is 741 g/mol. The molecule has 58 heavy (non-hydrogen) atoms. The Labute approximate surface area is 336 Å². The first-order valence-corrected chi connectivity index (χ1v) is 19.7. The lowest BCUT2D eigenvalue weighted by atomic mass is 9.93.